The van der Waals surface area contributed by atoms with Crippen LogP contribution in [-0.4, -0.2) is 16.3 Å². The highest BCUT2D eigenvalue weighted by atomic mass is 16.3. The molecule has 3 nitrogen and oxygen atoms in total. The maximum absolute atomic E-state index is 9.62. The van der Waals surface area contributed by atoms with Crippen LogP contribution in [0.5, 0.6) is 0 Å². The molecule has 1 aromatic carbocycles. The van der Waals surface area contributed by atoms with Gasteiger partial charge in [0, 0.05) is 0 Å². The molecule has 0 aliphatic carbocycles. The van der Waals surface area contributed by atoms with E-state index in [-0.39, 0.29) is 12.6 Å². The summed E-state index contributed by atoms with van der Waals surface area (Å²) >= 11 is 0. The maximum Gasteiger partial charge on any atom is 0.249 e. The highest BCUT2D eigenvalue weighted by Crippen LogP contribution is 2.21. The van der Waals surface area contributed by atoms with Gasteiger partial charge >= 0.3 is 0 Å². The zero-order valence-corrected chi connectivity index (χ0v) is 13.8. The first-order chi connectivity index (χ1) is 9.92. The molecule has 0 saturated carbocycles. The van der Waals surface area contributed by atoms with Gasteiger partial charge in [0.05, 0.1) is 6.61 Å². The number of imidazole rings is 1. The molecule has 0 saturated heterocycles. The quantitative estimate of drug-likeness (QED) is 0.840. The van der Waals surface area contributed by atoms with Crippen LogP contribution in [0.4, 0.5) is 0 Å². The van der Waals surface area contributed by atoms with Crippen molar-refractivity contribution in [3.63, 3.8) is 0 Å². The SMILES string of the molecule is Cc1cc(C)c(-n2cc[n+](C(CO)CC(C)C)c2)c(C)c1. The van der Waals surface area contributed by atoms with Gasteiger partial charge in [-0.2, -0.15) is 0 Å². The molecule has 114 valence electrons. The Morgan fingerprint density at radius 3 is 2.29 bits per heavy atom. The van der Waals surface area contributed by atoms with Crippen LogP contribution in [-0.2, 0) is 0 Å². The van der Waals surface area contributed by atoms with Crippen molar-refractivity contribution in [3.05, 3.63) is 47.5 Å². The smallest absolute Gasteiger partial charge is 0.249 e. The van der Waals surface area contributed by atoms with Gasteiger partial charge in [0.25, 0.3) is 0 Å². The van der Waals surface area contributed by atoms with E-state index in [4.69, 9.17) is 0 Å². The number of aromatic nitrogens is 2. The molecule has 0 radical (unpaired) electrons. The Morgan fingerprint density at radius 2 is 1.76 bits per heavy atom. The number of benzene rings is 1. The third kappa shape index (κ3) is 3.53. The lowest BCUT2D eigenvalue weighted by Crippen LogP contribution is -2.40. The fourth-order valence-electron chi connectivity index (χ4n) is 3.13. The monoisotopic (exact) mass is 287 g/mol. The second-order valence-corrected chi connectivity index (χ2v) is 6.48. The van der Waals surface area contributed by atoms with Crippen LogP contribution in [0.15, 0.2) is 30.9 Å². The lowest BCUT2D eigenvalue weighted by molar-refractivity contribution is -0.725. The first-order valence-corrected chi connectivity index (χ1v) is 7.70. The second-order valence-electron chi connectivity index (χ2n) is 6.48. The van der Waals surface area contributed by atoms with Crippen LogP contribution < -0.4 is 4.57 Å². The fraction of sp³-hybridized carbons (Fsp3) is 0.500. The third-order valence-electron chi connectivity index (χ3n) is 3.93. The van der Waals surface area contributed by atoms with Gasteiger partial charge in [0.2, 0.25) is 6.33 Å². The van der Waals surface area contributed by atoms with Gasteiger partial charge in [-0.1, -0.05) is 31.5 Å². The predicted molar refractivity (Wildman–Crippen MR) is 85.8 cm³/mol. The summed E-state index contributed by atoms with van der Waals surface area (Å²) in [7, 11) is 0. The molecule has 0 aliphatic rings. The zero-order valence-electron chi connectivity index (χ0n) is 13.8. The minimum absolute atomic E-state index is 0.150. The average molecular weight is 287 g/mol. The topological polar surface area (TPSA) is 29.0 Å². The number of aryl methyl sites for hydroxylation is 3. The number of hydrogen-bond acceptors (Lipinski definition) is 1. The molecular formula is C18H27N2O+. The van der Waals surface area contributed by atoms with E-state index in [9.17, 15) is 5.11 Å². The maximum atomic E-state index is 9.62. The van der Waals surface area contributed by atoms with E-state index in [0.717, 1.165) is 6.42 Å². The summed E-state index contributed by atoms with van der Waals surface area (Å²) in [5.41, 5.74) is 5.08. The van der Waals surface area contributed by atoms with Gasteiger partial charge < -0.3 is 5.11 Å². The molecule has 2 aromatic rings. The van der Waals surface area contributed by atoms with Crippen molar-refractivity contribution < 1.29 is 9.67 Å². The first-order valence-electron chi connectivity index (χ1n) is 7.70. The molecule has 21 heavy (non-hydrogen) atoms. The van der Waals surface area contributed by atoms with Crippen LogP contribution in [0.1, 0.15) is 43.0 Å². The van der Waals surface area contributed by atoms with Crippen molar-refractivity contribution >= 4 is 0 Å². The van der Waals surface area contributed by atoms with E-state index in [1.54, 1.807) is 0 Å². The molecule has 0 fully saturated rings. The largest absolute Gasteiger partial charge is 0.392 e. The van der Waals surface area contributed by atoms with Crippen LogP contribution in [0.2, 0.25) is 0 Å². The van der Waals surface area contributed by atoms with Crippen molar-refractivity contribution in [2.24, 2.45) is 5.92 Å². The van der Waals surface area contributed by atoms with Crippen LogP contribution >= 0.6 is 0 Å². The van der Waals surface area contributed by atoms with Crippen molar-refractivity contribution in [3.8, 4) is 5.69 Å². The standard InChI is InChI=1S/C18H27N2O/c1-13(2)8-17(11-21)19-6-7-20(12-19)18-15(4)9-14(3)10-16(18)5/h6-7,9-10,12-13,17,21H,8,11H2,1-5H3/q+1. The normalized spacial score (nSPS) is 12.9. The lowest BCUT2D eigenvalue weighted by atomic mass is 10.0. The van der Waals surface area contributed by atoms with Crippen LogP contribution in [0.25, 0.3) is 5.69 Å². The highest BCUT2D eigenvalue weighted by Gasteiger charge is 2.19. The van der Waals surface area contributed by atoms with Crippen molar-refractivity contribution in [1.29, 1.82) is 0 Å². The van der Waals surface area contributed by atoms with Crippen molar-refractivity contribution in [1.82, 2.24) is 4.57 Å². The van der Waals surface area contributed by atoms with E-state index >= 15 is 0 Å². The summed E-state index contributed by atoms with van der Waals surface area (Å²) in [6, 6.07) is 4.58. The fourth-order valence-corrected chi connectivity index (χ4v) is 3.13. The molecule has 1 N–H and O–H groups in total. The molecule has 0 bridgehead atoms. The summed E-state index contributed by atoms with van der Waals surface area (Å²) in [4.78, 5) is 0. The summed E-state index contributed by atoms with van der Waals surface area (Å²) in [6.45, 7) is 11.0. The van der Waals surface area contributed by atoms with E-state index in [1.807, 2.05) is 0 Å². The van der Waals surface area contributed by atoms with Crippen molar-refractivity contribution in [2.75, 3.05) is 6.61 Å². The summed E-state index contributed by atoms with van der Waals surface area (Å²) in [5.74, 6) is 0.570. The molecule has 0 spiro atoms. The predicted octanol–water partition coefficient (Wildman–Crippen LogP) is 3.27. The average Bonchev–Trinajstić information content (AvgIpc) is 2.83. The van der Waals surface area contributed by atoms with E-state index < -0.39 is 0 Å². The van der Waals surface area contributed by atoms with Crippen LogP contribution in [0, 0.1) is 26.7 Å². The molecule has 1 heterocycles. The second kappa shape index (κ2) is 6.44. The summed E-state index contributed by atoms with van der Waals surface area (Å²) in [5, 5.41) is 9.62. The Morgan fingerprint density at radius 1 is 1.14 bits per heavy atom. The molecule has 1 atom stereocenters. The number of aliphatic hydroxyl groups is 1. The van der Waals surface area contributed by atoms with E-state index in [1.165, 1.54) is 22.4 Å². The number of nitrogens with zero attached hydrogens (tertiary/aromatic N) is 2. The Balaban J connectivity index is 2.36. The van der Waals surface area contributed by atoms with Gasteiger partial charge in [-0.05, 0) is 44.2 Å². The number of rotatable bonds is 5. The minimum Gasteiger partial charge on any atom is -0.392 e. The Bertz CT molecular complexity index is 590. The summed E-state index contributed by atoms with van der Waals surface area (Å²) in [6.07, 6.45) is 7.21. The van der Waals surface area contributed by atoms with Gasteiger partial charge in [0.1, 0.15) is 24.1 Å². The van der Waals surface area contributed by atoms with Crippen LogP contribution in [0.3, 0.4) is 0 Å². The minimum atomic E-state index is 0.150. The van der Waals surface area contributed by atoms with Gasteiger partial charge in [-0.15, -0.1) is 0 Å². The molecule has 1 aromatic heterocycles. The van der Waals surface area contributed by atoms with Crippen molar-refractivity contribution in [2.45, 2.75) is 47.1 Å². The Kier molecular flexibility index (Phi) is 4.84. The molecule has 0 amide bonds. The Labute approximate surface area is 127 Å². The molecule has 0 aliphatic heterocycles. The Hall–Kier alpha value is -1.61. The number of hydrogen-bond donors (Lipinski definition) is 1. The molecule has 1 unspecified atom stereocenters. The molecule has 3 heteroatoms. The van der Waals surface area contributed by atoms with Gasteiger partial charge in [0.15, 0.2) is 0 Å². The molecule has 2 rings (SSSR count). The van der Waals surface area contributed by atoms with Gasteiger partial charge in [-0.25, -0.2) is 9.13 Å². The molecular weight excluding hydrogens is 260 g/mol. The lowest BCUT2D eigenvalue weighted by Gasteiger charge is -2.13. The highest BCUT2D eigenvalue weighted by molar-refractivity contribution is 5.48. The zero-order chi connectivity index (χ0) is 15.6. The summed E-state index contributed by atoms with van der Waals surface area (Å²) < 4.78 is 4.28. The third-order valence-corrected chi connectivity index (χ3v) is 3.93. The van der Waals surface area contributed by atoms with E-state index in [0.29, 0.717) is 5.92 Å². The first kappa shape index (κ1) is 15.8. The van der Waals surface area contributed by atoms with Gasteiger partial charge in [-0.3, -0.25) is 0 Å². The van der Waals surface area contributed by atoms with E-state index in [2.05, 4.69) is 74.6 Å². The number of aliphatic hydroxyl groups excluding tert-OH is 1.